The van der Waals surface area contributed by atoms with Gasteiger partial charge in [0.15, 0.2) is 0 Å². The SMILES string of the molecule is CSCC[C@H](N)CN1CCCc2ccccc21. The second-order valence-corrected chi connectivity index (χ2v) is 5.71. The number of nitrogens with zero attached hydrogens (tertiary/aromatic N) is 1. The molecule has 2 N–H and O–H groups in total. The Kier molecular flexibility index (Phi) is 4.75. The largest absolute Gasteiger partial charge is 0.370 e. The van der Waals surface area contributed by atoms with E-state index in [2.05, 4.69) is 35.4 Å². The van der Waals surface area contributed by atoms with E-state index in [0.717, 1.165) is 25.3 Å². The van der Waals surface area contributed by atoms with Crippen molar-refractivity contribution < 1.29 is 0 Å². The van der Waals surface area contributed by atoms with Crippen molar-refractivity contribution in [2.75, 3.05) is 30.0 Å². The summed E-state index contributed by atoms with van der Waals surface area (Å²) in [7, 11) is 0. The van der Waals surface area contributed by atoms with Crippen LogP contribution >= 0.6 is 11.8 Å². The predicted molar refractivity (Wildman–Crippen MR) is 78.0 cm³/mol. The lowest BCUT2D eigenvalue weighted by Crippen LogP contribution is -2.40. The molecule has 1 aromatic rings. The average molecular weight is 250 g/mol. The molecule has 0 radical (unpaired) electrons. The van der Waals surface area contributed by atoms with Gasteiger partial charge in [-0.3, -0.25) is 0 Å². The lowest BCUT2D eigenvalue weighted by molar-refractivity contribution is 0.594. The fourth-order valence-electron chi connectivity index (χ4n) is 2.44. The molecular weight excluding hydrogens is 228 g/mol. The topological polar surface area (TPSA) is 29.3 Å². The number of benzene rings is 1. The van der Waals surface area contributed by atoms with Gasteiger partial charge in [-0.15, -0.1) is 0 Å². The summed E-state index contributed by atoms with van der Waals surface area (Å²) in [6.45, 7) is 2.15. The van der Waals surface area contributed by atoms with E-state index in [4.69, 9.17) is 5.73 Å². The van der Waals surface area contributed by atoms with Crippen LogP contribution in [-0.2, 0) is 6.42 Å². The molecule has 0 unspecified atom stereocenters. The molecule has 94 valence electrons. The zero-order chi connectivity index (χ0) is 12.1. The highest BCUT2D eigenvalue weighted by atomic mass is 32.2. The van der Waals surface area contributed by atoms with Crippen molar-refractivity contribution in [1.29, 1.82) is 0 Å². The third-order valence-corrected chi connectivity index (χ3v) is 4.00. The number of fused-ring (bicyclic) bond motifs is 1. The third kappa shape index (κ3) is 3.39. The molecule has 1 atom stereocenters. The summed E-state index contributed by atoms with van der Waals surface area (Å²) in [5, 5.41) is 0. The fourth-order valence-corrected chi connectivity index (χ4v) is 2.98. The molecule has 1 aliphatic heterocycles. The van der Waals surface area contributed by atoms with Gasteiger partial charge in [-0.2, -0.15) is 11.8 Å². The molecule has 1 aliphatic rings. The van der Waals surface area contributed by atoms with Crippen LogP contribution in [0.2, 0.25) is 0 Å². The van der Waals surface area contributed by atoms with Gasteiger partial charge in [-0.1, -0.05) is 18.2 Å². The monoisotopic (exact) mass is 250 g/mol. The van der Waals surface area contributed by atoms with E-state index in [9.17, 15) is 0 Å². The Morgan fingerprint density at radius 2 is 2.24 bits per heavy atom. The summed E-state index contributed by atoms with van der Waals surface area (Å²) >= 11 is 1.88. The molecule has 2 rings (SSSR count). The Morgan fingerprint density at radius 3 is 3.06 bits per heavy atom. The van der Waals surface area contributed by atoms with E-state index in [1.165, 1.54) is 24.1 Å². The molecule has 0 fully saturated rings. The van der Waals surface area contributed by atoms with E-state index in [-0.39, 0.29) is 0 Å². The van der Waals surface area contributed by atoms with Crippen LogP contribution in [0.4, 0.5) is 5.69 Å². The van der Waals surface area contributed by atoms with Crippen molar-refractivity contribution in [3.05, 3.63) is 29.8 Å². The van der Waals surface area contributed by atoms with Crippen molar-refractivity contribution in [2.24, 2.45) is 5.73 Å². The lowest BCUT2D eigenvalue weighted by Gasteiger charge is -2.33. The summed E-state index contributed by atoms with van der Waals surface area (Å²) in [4.78, 5) is 2.46. The third-order valence-electron chi connectivity index (χ3n) is 3.35. The molecule has 1 heterocycles. The minimum atomic E-state index is 0.300. The molecule has 3 heteroatoms. The van der Waals surface area contributed by atoms with E-state index >= 15 is 0 Å². The summed E-state index contributed by atoms with van der Waals surface area (Å²) in [5.74, 6) is 1.16. The van der Waals surface area contributed by atoms with Crippen LogP contribution in [0.25, 0.3) is 0 Å². The number of rotatable bonds is 5. The number of anilines is 1. The normalized spacial score (nSPS) is 16.7. The molecule has 0 aliphatic carbocycles. The van der Waals surface area contributed by atoms with Crippen LogP contribution in [0.1, 0.15) is 18.4 Å². The second kappa shape index (κ2) is 6.31. The molecule has 0 amide bonds. The van der Waals surface area contributed by atoms with E-state index < -0.39 is 0 Å². The highest BCUT2D eigenvalue weighted by Crippen LogP contribution is 2.26. The second-order valence-electron chi connectivity index (χ2n) is 4.72. The maximum Gasteiger partial charge on any atom is 0.0399 e. The molecule has 1 aromatic carbocycles. The van der Waals surface area contributed by atoms with Gasteiger partial charge in [0.05, 0.1) is 0 Å². The van der Waals surface area contributed by atoms with Crippen molar-refractivity contribution in [3.8, 4) is 0 Å². The van der Waals surface area contributed by atoms with Gasteiger partial charge in [0.1, 0.15) is 0 Å². The first-order chi connectivity index (χ1) is 8.31. The maximum atomic E-state index is 6.19. The van der Waals surface area contributed by atoms with Gasteiger partial charge >= 0.3 is 0 Å². The van der Waals surface area contributed by atoms with Crippen LogP contribution in [0.3, 0.4) is 0 Å². The maximum absolute atomic E-state index is 6.19. The zero-order valence-corrected chi connectivity index (χ0v) is 11.4. The van der Waals surface area contributed by atoms with Crippen LogP contribution in [-0.4, -0.2) is 31.1 Å². The molecular formula is C14H22N2S. The highest BCUT2D eigenvalue weighted by Gasteiger charge is 2.17. The zero-order valence-electron chi connectivity index (χ0n) is 10.6. The molecule has 0 bridgehead atoms. The molecule has 0 spiro atoms. The number of para-hydroxylation sites is 1. The Hall–Kier alpha value is -0.670. The van der Waals surface area contributed by atoms with Crippen molar-refractivity contribution in [2.45, 2.75) is 25.3 Å². The molecule has 17 heavy (non-hydrogen) atoms. The predicted octanol–water partition coefficient (Wildman–Crippen LogP) is 2.52. The van der Waals surface area contributed by atoms with Gasteiger partial charge in [0, 0.05) is 24.8 Å². The summed E-state index contributed by atoms with van der Waals surface area (Å²) in [6.07, 6.45) is 5.72. The number of hydrogen-bond donors (Lipinski definition) is 1. The number of thioether (sulfide) groups is 1. The Labute approximate surface area is 109 Å². The van der Waals surface area contributed by atoms with Gasteiger partial charge in [0.2, 0.25) is 0 Å². The summed E-state index contributed by atoms with van der Waals surface area (Å²) in [6, 6.07) is 9.04. The summed E-state index contributed by atoms with van der Waals surface area (Å²) in [5.41, 5.74) is 9.08. The van der Waals surface area contributed by atoms with Crippen LogP contribution in [0.15, 0.2) is 24.3 Å². The quantitative estimate of drug-likeness (QED) is 0.870. The fraction of sp³-hybridized carbons (Fsp3) is 0.571. The first-order valence-corrected chi connectivity index (χ1v) is 7.78. The molecule has 0 saturated heterocycles. The molecule has 0 saturated carbocycles. The smallest absolute Gasteiger partial charge is 0.0399 e. The van der Waals surface area contributed by atoms with E-state index in [1.807, 2.05) is 11.8 Å². The van der Waals surface area contributed by atoms with Gasteiger partial charge in [0.25, 0.3) is 0 Å². The Balaban J connectivity index is 1.98. The first kappa shape index (κ1) is 12.8. The minimum Gasteiger partial charge on any atom is -0.370 e. The number of nitrogens with two attached hydrogens (primary N) is 1. The van der Waals surface area contributed by atoms with E-state index in [1.54, 1.807) is 0 Å². The standard InChI is InChI=1S/C14H22N2S/c1-17-10-8-13(15)11-16-9-4-6-12-5-2-3-7-14(12)16/h2-3,5,7,13H,4,6,8-11,15H2,1H3/t13-/m0/s1. The van der Waals surface area contributed by atoms with Gasteiger partial charge in [-0.05, 0) is 42.9 Å². The lowest BCUT2D eigenvalue weighted by atomic mass is 10.0. The molecule has 2 nitrogen and oxygen atoms in total. The van der Waals surface area contributed by atoms with Gasteiger partial charge < -0.3 is 10.6 Å². The minimum absolute atomic E-state index is 0.300. The van der Waals surface area contributed by atoms with E-state index in [0.29, 0.717) is 6.04 Å². The van der Waals surface area contributed by atoms with Crippen LogP contribution in [0.5, 0.6) is 0 Å². The summed E-state index contributed by atoms with van der Waals surface area (Å²) < 4.78 is 0. The average Bonchev–Trinajstić information content (AvgIpc) is 2.37. The van der Waals surface area contributed by atoms with Gasteiger partial charge in [-0.25, -0.2) is 0 Å². The highest BCUT2D eigenvalue weighted by molar-refractivity contribution is 7.98. The van der Waals surface area contributed by atoms with Crippen LogP contribution in [0, 0.1) is 0 Å². The van der Waals surface area contributed by atoms with Crippen molar-refractivity contribution in [1.82, 2.24) is 0 Å². The van der Waals surface area contributed by atoms with Crippen LogP contribution < -0.4 is 10.6 Å². The Bertz CT molecular complexity index is 354. The molecule has 0 aromatic heterocycles. The first-order valence-electron chi connectivity index (χ1n) is 6.38. The Morgan fingerprint density at radius 1 is 1.41 bits per heavy atom. The number of aryl methyl sites for hydroxylation is 1. The van der Waals surface area contributed by atoms with Crippen molar-refractivity contribution in [3.63, 3.8) is 0 Å². The number of hydrogen-bond acceptors (Lipinski definition) is 3. The van der Waals surface area contributed by atoms with Crippen molar-refractivity contribution >= 4 is 17.4 Å².